The zero-order valence-electron chi connectivity index (χ0n) is 10.8. The summed E-state index contributed by atoms with van der Waals surface area (Å²) in [6.45, 7) is 7.22. The van der Waals surface area contributed by atoms with E-state index in [9.17, 15) is 4.79 Å². The Morgan fingerprint density at radius 3 is 2.65 bits per heavy atom. The van der Waals surface area contributed by atoms with Crippen molar-refractivity contribution in [2.24, 2.45) is 5.41 Å². The molecule has 0 saturated carbocycles. The summed E-state index contributed by atoms with van der Waals surface area (Å²) in [7, 11) is 1.85. The van der Waals surface area contributed by atoms with Gasteiger partial charge in [0.15, 0.2) is 0 Å². The minimum absolute atomic E-state index is 0.143. The van der Waals surface area contributed by atoms with Gasteiger partial charge in [-0.25, -0.2) is 14.8 Å². The van der Waals surface area contributed by atoms with Crippen LogP contribution in [0.25, 0.3) is 0 Å². The van der Waals surface area contributed by atoms with Gasteiger partial charge < -0.3 is 10.0 Å². The number of anilines is 1. The third kappa shape index (κ3) is 4.01. The average Bonchev–Trinajstić information content (AvgIpc) is 2.25. The van der Waals surface area contributed by atoms with Gasteiger partial charge >= 0.3 is 5.97 Å². The summed E-state index contributed by atoms with van der Waals surface area (Å²) >= 11 is 0. The summed E-state index contributed by atoms with van der Waals surface area (Å²) in [4.78, 5) is 20.7. The average molecular weight is 237 g/mol. The van der Waals surface area contributed by atoms with Crippen molar-refractivity contribution in [2.45, 2.75) is 27.2 Å². The molecule has 17 heavy (non-hydrogen) atoms. The largest absolute Gasteiger partial charge is 0.477 e. The first-order valence-electron chi connectivity index (χ1n) is 5.56. The van der Waals surface area contributed by atoms with Gasteiger partial charge in [0, 0.05) is 19.8 Å². The van der Waals surface area contributed by atoms with Crippen LogP contribution in [0.2, 0.25) is 0 Å². The van der Waals surface area contributed by atoms with Crippen LogP contribution in [0.3, 0.4) is 0 Å². The molecule has 0 saturated heterocycles. The van der Waals surface area contributed by atoms with Gasteiger partial charge in [0.25, 0.3) is 0 Å². The van der Waals surface area contributed by atoms with Crippen LogP contribution in [0.5, 0.6) is 0 Å². The number of aromatic nitrogens is 2. The molecule has 0 aromatic carbocycles. The van der Waals surface area contributed by atoms with Crippen LogP contribution in [0, 0.1) is 5.41 Å². The quantitative estimate of drug-likeness (QED) is 0.868. The summed E-state index contributed by atoms with van der Waals surface area (Å²) in [5.74, 6) is -0.528. The lowest BCUT2D eigenvalue weighted by Crippen LogP contribution is -2.25. The Morgan fingerprint density at radius 2 is 2.12 bits per heavy atom. The van der Waals surface area contributed by atoms with E-state index in [4.69, 9.17) is 5.11 Å². The van der Waals surface area contributed by atoms with Crippen molar-refractivity contribution in [3.63, 3.8) is 0 Å². The Morgan fingerprint density at radius 1 is 1.47 bits per heavy atom. The predicted molar refractivity (Wildman–Crippen MR) is 66.3 cm³/mol. The fraction of sp³-hybridized carbons (Fsp3) is 0.583. The van der Waals surface area contributed by atoms with Crippen molar-refractivity contribution in [1.29, 1.82) is 0 Å². The van der Waals surface area contributed by atoms with Crippen molar-refractivity contribution in [1.82, 2.24) is 9.97 Å². The van der Waals surface area contributed by atoms with Gasteiger partial charge in [-0.2, -0.15) is 0 Å². The maximum atomic E-state index is 11.0. The van der Waals surface area contributed by atoms with Crippen LogP contribution in [0.4, 0.5) is 5.82 Å². The zero-order valence-corrected chi connectivity index (χ0v) is 10.8. The zero-order chi connectivity index (χ0) is 13.1. The fourth-order valence-corrected chi connectivity index (χ4v) is 1.39. The lowest BCUT2D eigenvalue weighted by molar-refractivity contribution is 0.0696. The normalized spacial score (nSPS) is 11.3. The molecule has 1 rings (SSSR count). The van der Waals surface area contributed by atoms with E-state index in [1.54, 1.807) is 0 Å². The molecule has 1 aromatic rings. The molecular formula is C12H19N3O2. The Kier molecular flexibility index (Phi) is 4.04. The molecule has 1 aromatic heterocycles. The van der Waals surface area contributed by atoms with Gasteiger partial charge in [0.1, 0.15) is 17.7 Å². The van der Waals surface area contributed by atoms with E-state index in [0.717, 1.165) is 13.0 Å². The first kappa shape index (κ1) is 13.4. The number of rotatable bonds is 4. The molecule has 94 valence electrons. The standard InChI is InChI=1S/C12H19N3O2/c1-12(2,3)5-6-15(4)10-9(11(16)17)7-13-8-14-10/h7-8H,5-6H2,1-4H3,(H,16,17). The van der Waals surface area contributed by atoms with E-state index >= 15 is 0 Å². The lowest BCUT2D eigenvalue weighted by atomic mass is 9.92. The molecular weight excluding hydrogens is 218 g/mol. The third-order valence-corrected chi connectivity index (χ3v) is 2.48. The topological polar surface area (TPSA) is 66.3 Å². The van der Waals surface area contributed by atoms with Crippen LogP contribution in [0.1, 0.15) is 37.6 Å². The SMILES string of the molecule is CN(CCC(C)(C)C)c1ncncc1C(=O)O. The Hall–Kier alpha value is -1.65. The molecule has 0 unspecified atom stereocenters. The van der Waals surface area contributed by atoms with E-state index in [2.05, 4.69) is 30.7 Å². The number of carbonyl (C=O) groups is 1. The highest BCUT2D eigenvalue weighted by atomic mass is 16.4. The second-order valence-corrected chi connectivity index (χ2v) is 5.30. The summed E-state index contributed by atoms with van der Waals surface area (Å²) in [5.41, 5.74) is 0.355. The van der Waals surface area contributed by atoms with Crippen LogP contribution in [-0.2, 0) is 0 Å². The van der Waals surface area contributed by atoms with Gasteiger partial charge in [0.2, 0.25) is 0 Å². The van der Waals surface area contributed by atoms with Gasteiger partial charge in [-0.1, -0.05) is 20.8 Å². The number of hydrogen-bond donors (Lipinski definition) is 1. The summed E-state index contributed by atoms with van der Waals surface area (Å²) in [5, 5.41) is 9.04. The number of aromatic carboxylic acids is 1. The molecule has 0 fully saturated rings. The Bertz CT molecular complexity index is 399. The molecule has 0 amide bonds. The number of nitrogens with zero attached hydrogens (tertiary/aromatic N) is 3. The van der Waals surface area contributed by atoms with Crippen LogP contribution in [-0.4, -0.2) is 34.6 Å². The number of carboxylic acid groups (broad SMARTS) is 1. The molecule has 0 bridgehead atoms. The maximum Gasteiger partial charge on any atom is 0.341 e. The Labute approximate surface area is 102 Å². The highest BCUT2D eigenvalue weighted by Crippen LogP contribution is 2.21. The molecule has 1 N–H and O–H groups in total. The minimum atomic E-state index is -0.997. The van der Waals surface area contributed by atoms with Gasteiger partial charge in [0.05, 0.1) is 0 Å². The van der Waals surface area contributed by atoms with Gasteiger partial charge in [-0.05, 0) is 11.8 Å². The molecule has 0 aliphatic carbocycles. The molecule has 5 nitrogen and oxygen atoms in total. The predicted octanol–water partition coefficient (Wildman–Crippen LogP) is 2.05. The van der Waals surface area contributed by atoms with Gasteiger partial charge in [-0.3, -0.25) is 0 Å². The monoisotopic (exact) mass is 237 g/mol. The van der Waals surface area contributed by atoms with E-state index in [-0.39, 0.29) is 11.0 Å². The fourth-order valence-electron chi connectivity index (χ4n) is 1.39. The van der Waals surface area contributed by atoms with E-state index < -0.39 is 5.97 Å². The third-order valence-electron chi connectivity index (χ3n) is 2.48. The summed E-state index contributed by atoms with van der Waals surface area (Å²) in [6.07, 6.45) is 3.67. The number of hydrogen-bond acceptors (Lipinski definition) is 4. The minimum Gasteiger partial charge on any atom is -0.477 e. The lowest BCUT2D eigenvalue weighted by Gasteiger charge is -2.24. The number of carboxylic acids is 1. The maximum absolute atomic E-state index is 11.0. The van der Waals surface area contributed by atoms with E-state index in [1.807, 2.05) is 11.9 Å². The van der Waals surface area contributed by atoms with Crippen molar-refractivity contribution >= 4 is 11.8 Å². The Balaban J connectivity index is 2.82. The molecule has 1 heterocycles. The highest BCUT2D eigenvalue weighted by molar-refractivity contribution is 5.92. The second-order valence-electron chi connectivity index (χ2n) is 5.30. The van der Waals surface area contributed by atoms with Crippen LogP contribution >= 0.6 is 0 Å². The summed E-state index contributed by atoms with van der Waals surface area (Å²) < 4.78 is 0. The van der Waals surface area contributed by atoms with Crippen molar-refractivity contribution in [3.05, 3.63) is 18.1 Å². The van der Waals surface area contributed by atoms with E-state index in [0.29, 0.717) is 5.82 Å². The van der Waals surface area contributed by atoms with Crippen molar-refractivity contribution in [2.75, 3.05) is 18.5 Å². The smallest absolute Gasteiger partial charge is 0.341 e. The second kappa shape index (κ2) is 5.12. The van der Waals surface area contributed by atoms with Crippen molar-refractivity contribution in [3.8, 4) is 0 Å². The highest BCUT2D eigenvalue weighted by Gasteiger charge is 2.17. The molecule has 0 atom stereocenters. The summed E-state index contributed by atoms with van der Waals surface area (Å²) in [6, 6.07) is 0. The molecule has 0 radical (unpaired) electrons. The van der Waals surface area contributed by atoms with Gasteiger partial charge in [-0.15, -0.1) is 0 Å². The van der Waals surface area contributed by atoms with Crippen LogP contribution < -0.4 is 4.90 Å². The van der Waals surface area contributed by atoms with E-state index in [1.165, 1.54) is 12.5 Å². The molecule has 0 aliphatic heterocycles. The molecule has 5 heteroatoms. The molecule has 0 spiro atoms. The van der Waals surface area contributed by atoms with Crippen molar-refractivity contribution < 1.29 is 9.90 Å². The first-order chi connectivity index (χ1) is 7.81. The first-order valence-corrected chi connectivity index (χ1v) is 5.56. The molecule has 0 aliphatic rings. The van der Waals surface area contributed by atoms with Crippen LogP contribution in [0.15, 0.2) is 12.5 Å².